The number of nitrogens with two attached hydrogens (primary N) is 1. The molecule has 0 aliphatic carbocycles. The van der Waals surface area contributed by atoms with Gasteiger partial charge in [0.25, 0.3) is 5.91 Å². The summed E-state index contributed by atoms with van der Waals surface area (Å²) in [5.41, 5.74) is 8.56. The number of benzene rings is 2. The van der Waals surface area contributed by atoms with Crippen LogP contribution in [0.5, 0.6) is 5.75 Å². The van der Waals surface area contributed by atoms with Crippen LogP contribution in [0.25, 0.3) is 0 Å². The van der Waals surface area contributed by atoms with Crippen molar-refractivity contribution < 1.29 is 9.53 Å². The van der Waals surface area contributed by atoms with Crippen molar-refractivity contribution in [2.45, 2.75) is 13.3 Å². The minimum absolute atomic E-state index is 0.194. The zero-order valence-electron chi connectivity index (χ0n) is 13.8. The zero-order valence-corrected chi connectivity index (χ0v) is 13.8. The standard InChI is InChI=1S/C18H23N3O2/c1-4-10-23-15-7-5-6-13(11-15)18(22)20-16-12-14(19)8-9-17(16)21(2)3/h5-9,11-12H,4,10,19H2,1-3H3,(H,20,22). The molecule has 0 heterocycles. The lowest BCUT2D eigenvalue weighted by molar-refractivity contribution is 0.102. The molecular weight excluding hydrogens is 290 g/mol. The third kappa shape index (κ3) is 4.39. The second kappa shape index (κ2) is 7.54. The number of ether oxygens (including phenoxy) is 1. The molecule has 2 rings (SSSR count). The SMILES string of the molecule is CCCOc1cccc(C(=O)Nc2cc(N)ccc2N(C)C)c1. The van der Waals surface area contributed by atoms with E-state index in [1.165, 1.54) is 0 Å². The molecule has 0 saturated heterocycles. The van der Waals surface area contributed by atoms with Crippen LogP contribution in [0.1, 0.15) is 23.7 Å². The van der Waals surface area contributed by atoms with Crippen molar-refractivity contribution in [3.05, 3.63) is 48.0 Å². The van der Waals surface area contributed by atoms with Crippen LogP contribution in [0.4, 0.5) is 17.1 Å². The Hall–Kier alpha value is -2.69. The predicted octanol–water partition coefficient (Wildman–Crippen LogP) is 3.38. The number of hydrogen-bond donors (Lipinski definition) is 2. The summed E-state index contributed by atoms with van der Waals surface area (Å²) < 4.78 is 5.57. The average molecular weight is 313 g/mol. The molecule has 0 aromatic heterocycles. The maximum absolute atomic E-state index is 12.5. The molecular formula is C18H23N3O2. The van der Waals surface area contributed by atoms with E-state index in [1.807, 2.05) is 50.2 Å². The Morgan fingerprint density at radius 1 is 1.22 bits per heavy atom. The highest BCUT2D eigenvalue weighted by molar-refractivity contribution is 6.06. The normalized spacial score (nSPS) is 10.2. The van der Waals surface area contributed by atoms with Crippen molar-refractivity contribution in [3.8, 4) is 5.75 Å². The van der Waals surface area contributed by atoms with Crippen molar-refractivity contribution in [1.29, 1.82) is 0 Å². The molecule has 1 amide bonds. The van der Waals surface area contributed by atoms with Gasteiger partial charge < -0.3 is 20.7 Å². The smallest absolute Gasteiger partial charge is 0.255 e. The van der Waals surface area contributed by atoms with E-state index in [1.54, 1.807) is 18.2 Å². The topological polar surface area (TPSA) is 67.6 Å². The van der Waals surface area contributed by atoms with E-state index in [0.717, 1.165) is 12.1 Å². The highest BCUT2D eigenvalue weighted by Crippen LogP contribution is 2.27. The Kier molecular flexibility index (Phi) is 5.46. The van der Waals surface area contributed by atoms with Gasteiger partial charge in [0.15, 0.2) is 0 Å². The molecule has 0 fully saturated rings. The highest BCUT2D eigenvalue weighted by Gasteiger charge is 2.11. The third-order valence-electron chi connectivity index (χ3n) is 3.32. The van der Waals surface area contributed by atoms with Gasteiger partial charge in [-0.15, -0.1) is 0 Å². The summed E-state index contributed by atoms with van der Waals surface area (Å²) in [7, 11) is 3.83. The first kappa shape index (κ1) is 16.7. The first-order chi connectivity index (χ1) is 11.0. The van der Waals surface area contributed by atoms with Gasteiger partial charge in [0.2, 0.25) is 0 Å². The van der Waals surface area contributed by atoms with E-state index in [2.05, 4.69) is 5.32 Å². The van der Waals surface area contributed by atoms with E-state index in [0.29, 0.717) is 29.3 Å². The van der Waals surface area contributed by atoms with Crippen LogP contribution in [-0.2, 0) is 0 Å². The first-order valence-electron chi connectivity index (χ1n) is 7.62. The number of carbonyl (C=O) groups excluding carboxylic acids is 1. The van der Waals surface area contributed by atoms with Gasteiger partial charge in [0.05, 0.1) is 18.0 Å². The van der Waals surface area contributed by atoms with Crippen LogP contribution in [0.2, 0.25) is 0 Å². The Balaban J connectivity index is 2.21. The van der Waals surface area contributed by atoms with E-state index < -0.39 is 0 Å². The van der Waals surface area contributed by atoms with Crippen LogP contribution in [-0.4, -0.2) is 26.6 Å². The maximum atomic E-state index is 12.5. The van der Waals surface area contributed by atoms with E-state index >= 15 is 0 Å². The van der Waals surface area contributed by atoms with Crippen molar-refractivity contribution >= 4 is 23.0 Å². The summed E-state index contributed by atoms with van der Waals surface area (Å²) in [6, 6.07) is 12.6. The molecule has 0 atom stereocenters. The summed E-state index contributed by atoms with van der Waals surface area (Å²) in [4.78, 5) is 14.4. The molecule has 2 aromatic rings. The van der Waals surface area contributed by atoms with Crippen molar-refractivity contribution in [3.63, 3.8) is 0 Å². The molecule has 122 valence electrons. The van der Waals surface area contributed by atoms with Gasteiger partial charge in [0, 0.05) is 25.3 Å². The van der Waals surface area contributed by atoms with E-state index in [-0.39, 0.29) is 5.91 Å². The number of anilines is 3. The lowest BCUT2D eigenvalue weighted by Gasteiger charge is -2.18. The van der Waals surface area contributed by atoms with Gasteiger partial charge in [-0.05, 0) is 42.8 Å². The molecule has 0 aliphatic heterocycles. The number of rotatable bonds is 6. The molecule has 5 heteroatoms. The van der Waals surface area contributed by atoms with Gasteiger partial charge in [-0.25, -0.2) is 0 Å². The zero-order chi connectivity index (χ0) is 16.8. The quantitative estimate of drug-likeness (QED) is 0.802. The van der Waals surface area contributed by atoms with Crippen LogP contribution in [0.15, 0.2) is 42.5 Å². The van der Waals surface area contributed by atoms with Crippen LogP contribution in [0, 0.1) is 0 Å². The number of nitrogens with one attached hydrogen (secondary N) is 1. The highest BCUT2D eigenvalue weighted by atomic mass is 16.5. The molecule has 2 aromatic carbocycles. The van der Waals surface area contributed by atoms with Crippen LogP contribution in [0.3, 0.4) is 0 Å². The summed E-state index contributed by atoms with van der Waals surface area (Å²) in [5, 5.41) is 2.92. The Labute approximate surface area is 137 Å². The van der Waals surface area contributed by atoms with Gasteiger partial charge >= 0.3 is 0 Å². The van der Waals surface area contributed by atoms with Gasteiger partial charge in [0.1, 0.15) is 5.75 Å². The van der Waals surface area contributed by atoms with Crippen LogP contribution < -0.4 is 20.7 Å². The third-order valence-corrected chi connectivity index (χ3v) is 3.32. The van der Waals surface area contributed by atoms with Crippen molar-refractivity contribution in [2.75, 3.05) is 36.7 Å². The second-order valence-corrected chi connectivity index (χ2v) is 5.50. The number of nitrogens with zero attached hydrogens (tertiary/aromatic N) is 1. The monoisotopic (exact) mass is 313 g/mol. The van der Waals surface area contributed by atoms with Gasteiger partial charge in [-0.3, -0.25) is 4.79 Å². The molecule has 0 spiro atoms. The fourth-order valence-electron chi connectivity index (χ4n) is 2.19. The maximum Gasteiger partial charge on any atom is 0.255 e. The molecule has 0 radical (unpaired) electrons. The van der Waals surface area contributed by atoms with Gasteiger partial charge in [-0.1, -0.05) is 13.0 Å². The van der Waals surface area contributed by atoms with Crippen LogP contribution >= 0.6 is 0 Å². The lowest BCUT2D eigenvalue weighted by atomic mass is 10.1. The van der Waals surface area contributed by atoms with E-state index in [4.69, 9.17) is 10.5 Å². The lowest BCUT2D eigenvalue weighted by Crippen LogP contribution is -2.17. The minimum Gasteiger partial charge on any atom is -0.494 e. The molecule has 0 aliphatic rings. The fraction of sp³-hybridized carbons (Fsp3) is 0.278. The average Bonchev–Trinajstić information content (AvgIpc) is 2.53. The molecule has 0 bridgehead atoms. The number of nitrogen functional groups attached to an aromatic ring is 1. The Morgan fingerprint density at radius 2 is 2.00 bits per heavy atom. The largest absolute Gasteiger partial charge is 0.494 e. The molecule has 0 unspecified atom stereocenters. The minimum atomic E-state index is -0.194. The number of carbonyl (C=O) groups is 1. The molecule has 0 saturated carbocycles. The van der Waals surface area contributed by atoms with E-state index in [9.17, 15) is 4.79 Å². The van der Waals surface area contributed by atoms with Crippen molar-refractivity contribution in [2.24, 2.45) is 0 Å². The first-order valence-corrected chi connectivity index (χ1v) is 7.62. The van der Waals surface area contributed by atoms with Gasteiger partial charge in [-0.2, -0.15) is 0 Å². The fourth-order valence-corrected chi connectivity index (χ4v) is 2.19. The number of hydrogen-bond acceptors (Lipinski definition) is 4. The summed E-state index contributed by atoms with van der Waals surface area (Å²) in [6.07, 6.45) is 0.923. The molecule has 3 N–H and O–H groups in total. The number of amides is 1. The Bertz CT molecular complexity index is 684. The molecule has 23 heavy (non-hydrogen) atoms. The summed E-state index contributed by atoms with van der Waals surface area (Å²) in [6.45, 7) is 2.67. The second-order valence-electron chi connectivity index (χ2n) is 5.50. The predicted molar refractivity (Wildman–Crippen MR) is 95.4 cm³/mol. The molecule has 5 nitrogen and oxygen atoms in total. The van der Waals surface area contributed by atoms with Crippen molar-refractivity contribution in [1.82, 2.24) is 0 Å². The summed E-state index contributed by atoms with van der Waals surface area (Å²) >= 11 is 0. The Morgan fingerprint density at radius 3 is 2.70 bits per heavy atom. The summed E-state index contributed by atoms with van der Waals surface area (Å²) in [5.74, 6) is 0.501.